The Morgan fingerprint density at radius 2 is 1.35 bits per heavy atom. The molecule has 2 aliphatic heterocycles. The van der Waals surface area contributed by atoms with Crippen LogP contribution in [0.3, 0.4) is 0 Å². The van der Waals surface area contributed by atoms with E-state index in [2.05, 4.69) is 24.5 Å². The van der Waals surface area contributed by atoms with Gasteiger partial charge in [0, 0.05) is 6.42 Å². The van der Waals surface area contributed by atoms with Crippen LogP contribution in [-0.4, -0.2) is 71.2 Å². The number of hydrogen-bond donors (Lipinski definition) is 4. The summed E-state index contributed by atoms with van der Waals surface area (Å²) in [5.74, 6) is 0.0362. The fourth-order valence-electron chi connectivity index (χ4n) is 7.23. The third kappa shape index (κ3) is 14.9. The Balaban J connectivity index is 1.78. The molecule has 8 nitrogen and oxygen atoms in total. The smallest absolute Gasteiger partial charge is 0.306 e. The lowest BCUT2D eigenvalue weighted by molar-refractivity contribution is -0.241. The minimum Gasteiger partial charge on any atom is -0.457 e. The summed E-state index contributed by atoms with van der Waals surface area (Å²) in [7, 11) is 0. The van der Waals surface area contributed by atoms with Gasteiger partial charge in [0.25, 0.3) is 0 Å². The number of carbonyl (C=O) groups excluding carboxylic acids is 2. The van der Waals surface area contributed by atoms with E-state index in [1.165, 1.54) is 83.5 Å². The first-order chi connectivity index (χ1) is 22.2. The van der Waals surface area contributed by atoms with Crippen molar-refractivity contribution in [2.75, 3.05) is 6.54 Å². The minimum absolute atomic E-state index is 0.0329. The number of rotatable bonds is 25. The lowest BCUT2D eigenvalue weighted by Gasteiger charge is -2.46. The molecule has 2 fully saturated rings. The van der Waals surface area contributed by atoms with Gasteiger partial charge in [0.15, 0.2) is 6.10 Å². The average molecular weight is 653 g/mol. The van der Waals surface area contributed by atoms with E-state index < -0.39 is 36.6 Å². The number of aliphatic hydroxyl groups is 2. The summed E-state index contributed by atoms with van der Waals surface area (Å²) in [5.41, 5.74) is 0. The van der Waals surface area contributed by atoms with Crippen molar-refractivity contribution in [3.05, 3.63) is 0 Å². The quantitative estimate of drug-likeness (QED) is 0.0601. The first-order valence-corrected chi connectivity index (χ1v) is 19.5. The zero-order chi connectivity index (χ0) is 33.7. The number of carbonyl (C=O) groups is 2. The van der Waals surface area contributed by atoms with Gasteiger partial charge in [-0.3, -0.25) is 9.59 Å². The highest BCUT2D eigenvalue weighted by atomic mass is 16.6. The first-order valence-electron chi connectivity index (χ1n) is 19.5. The normalized spacial score (nSPS) is 27.2. The molecule has 0 aromatic heterocycles. The minimum atomic E-state index is -1.28. The van der Waals surface area contributed by atoms with Crippen molar-refractivity contribution in [3.8, 4) is 0 Å². The first kappa shape index (κ1) is 41.0. The number of ether oxygens (including phenoxy) is 2. The third-order valence-corrected chi connectivity index (χ3v) is 10.2. The molecule has 2 heterocycles. The van der Waals surface area contributed by atoms with Gasteiger partial charge < -0.3 is 30.3 Å². The molecule has 1 amide bonds. The lowest BCUT2D eigenvalue weighted by Crippen LogP contribution is -2.65. The Hall–Kier alpha value is -1.22. The van der Waals surface area contributed by atoms with Crippen molar-refractivity contribution in [1.82, 2.24) is 10.6 Å². The Morgan fingerprint density at radius 1 is 0.783 bits per heavy atom. The molecule has 8 unspecified atom stereocenters. The van der Waals surface area contributed by atoms with E-state index in [1.54, 1.807) is 0 Å². The molecule has 0 spiro atoms. The topological polar surface area (TPSA) is 117 Å². The number of amides is 1. The predicted molar refractivity (Wildman–Crippen MR) is 187 cm³/mol. The lowest BCUT2D eigenvalue weighted by atomic mass is 9.85. The van der Waals surface area contributed by atoms with E-state index >= 15 is 0 Å². The Kier molecular flexibility index (Phi) is 21.4. The van der Waals surface area contributed by atoms with Crippen LogP contribution in [0.25, 0.3) is 0 Å². The standard InChI is InChI=1S/C38H72N2O6/c1-6-9-11-12-13-14-15-16-17-18-19-20-22-25-32(41)46-36-31(23-8-3)45-37(35(43)34(36)42)33(28(4)5)40-38(44)30-26-29(27-39-30)24-21-10-7-2/h28-31,33-37,39,42-43H,6-27H2,1-5H3,(H,40,44). The van der Waals surface area contributed by atoms with Crippen molar-refractivity contribution >= 4 is 11.9 Å². The molecule has 8 atom stereocenters. The van der Waals surface area contributed by atoms with Crippen molar-refractivity contribution in [2.45, 2.75) is 212 Å². The van der Waals surface area contributed by atoms with Crippen LogP contribution in [0, 0.1) is 11.8 Å². The molecular weight excluding hydrogens is 580 g/mol. The van der Waals surface area contributed by atoms with Crippen molar-refractivity contribution in [3.63, 3.8) is 0 Å². The number of aliphatic hydroxyl groups excluding tert-OH is 2. The Labute approximate surface area is 281 Å². The fourth-order valence-corrected chi connectivity index (χ4v) is 7.23. The molecule has 2 rings (SSSR count). The maximum atomic E-state index is 13.3. The number of nitrogens with one attached hydrogen (secondary N) is 2. The molecule has 0 radical (unpaired) electrons. The van der Waals surface area contributed by atoms with Gasteiger partial charge in [-0.25, -0.2) is 0 Å². The van der Waals surface area contributed by atoms with Crippen molar-refractivity contribution in [2.24, 2.45) is 11.8 Å². The van der Waals surface area contributed by atoms with Crippen LogP contribution in [0.2, 0.25) is 0 Å². The van der Waals surface area contributed by atoms with E-state index in [4.69, 9.17) is 9.47 Å². The zero-order valence-electron chi connectivity index (χ0n) is 30.3. The highest BCUT2D eigenvalue weighted by molar-refractivity contribution is 5.82. The summed E-state index contributed by atoms with van der Waals surface area (Å²) >= 11 is 0. The highest BCUT2D eigenvalue weighted by Gasteiger charge is 2.49. The number of hydrogen-bond acceptors (Lipinski definition) is 7. The highest BCUT2D eigenvalue weighted by Crippen LogP contribution is 2.31. The van der Waals surface area contributed by atoms with Crippen molar-refractivity contribution in [1.29, 1.82) is 0 Å². The van der Waals surface area contributed by atoms with Gasteiger partial charge in [0.1, 0.15) is 18.3 Å². The molecule has 46 heavy (non-hydrogen) atoms. The summed E-state index contributed by atoms with van der Waals surface area (Å²) in [4.78, 5) is 26.1. The zero-order valence-corrected chi connectivity index (χ0v) is 30.3. The summed E-state index contributed by atoms with van der Waals surface area (Å²) in [5, 5.41) is 29.0. The van der Waals surface area contributed by atoms with Gasteiger partial charge in [0.2, 0.25) is 5.91 Å². The van der Waals surface area contributed by atoms with Gasteiger partial charge in [0.05, 0.1) is 18.2 Å². The van der Waals surface area contributed by atoms with Crippen molar-refractivity contribution < 1.29 is 29.3 Å². The second-order valence-electron chi connectivity index (χ2n) is 14.7. The molecule has 2 saturated heterocycles. The summed E-state index contributed by atoms with van der Waals surface area (Å²) in [6, 6.07) is -0.747. The molecule has 0 aromatic carbocycles. The Morgan fingerprint density at radius 3 is 1.91 bits per heavy atom. The fraction of sp³-hybridized carbons (Fsp3) is 0.947. The van der Waals surface area contributed by atoms with Gasteiger partial charge in [-0.2, -0.15) is 0 Å². The third-order valence-electron chi connectivity index (χ3n) is 10.2. The molecule has 0 aliphatic carbocycles. The average Bonchev–Trinajstić information content (AvgIpc) is 3.51. The van der Waals surface area contributed by atoms with Crippen LogP contribution in [0.1, 0.15) is 169 Å². The molecule has 0 bridgehead atoms. The van der Waals surface area contributed by atoms with Crippen LogP contribution in [0.5, 0.6) is 0 Å². The SMILES string of the molecule is CCCCCCCCCCCCCCCC(=O)OC1C(CCC)OC(C(NC(=O)C2CC(CCCCC)CN2)C(C)C)C(O)C1O. The molecule has 2 aliphatic rings. The Bertz CT molecular complexity index is 810. The van der Waals surface area contributed by atoms with E-state index in [1.807, 2.05) is 20.8 Å². The number of esters is 1. The summed E-state index contributed by atoms with van der Waals surface area (Å²) < 4.78 is 12.2. The van der Waals surface area contributed by atoms with Crippen LogP contribution < -0.4 is 10.6 Å². The van der Waals surface area contributed by atoms with Crippen LogP contribution >= 0.6 is 0 Å². The van der Waals surface area contributed by atoms with E-state index in [-0.39, 0.29) is 23.8 Å². The second kappa shape index (κ2) is 24.0. The summed E-state index contributed by atoms with van der Waals surface area (Å²) in [6.07, 6.45) is 18.5. The molecule has 270 valence electrons. The molecule has 0 aromatic rings. The van der Waals surface area contributed by atoms with Gasteiger partial charge in [-0.05, 0) is 44.1 Å². The summed E-state index contributed by atoms with van der Waals surface area (Å²) in [6.45, 7) is 11.3. The van der Waals surface area contributed by atoms with Crippen LogP contribution in [0.15, 0.2) is 0 Å². The molecule has 4 N–H and O–H groups in total. The van der Waals surface area contributed by atoms with E-state index in [0.29, 0.717) is 18.8 Å². The molecular formula is C38H72N2O6. The number of unbranched alkanes of at least 4 members (excludes halogenated alkanes) is 14. The van der Waals surface area contributed by atoms with Crippen LogP contribution in [0.4, 0.5) is 0 Å². The van der Waals surface area contributed by atoms with E-state index in [0.717, 1.165) is 45.1 Å². The van der Waals surface area contributed by atoms with Gasteiger partial charge in [-0.15, -0.1) is 0 Å². The molecule has 8 heteroatoms. The monoisotopic (exact) mass is 653 g/mol. The second-order valence-corrected chi connectivity index (χ2v) is 14.7. The maximum absolute atomic E-state index is 13.3. The van der Waals surface area contributed by atoms with Crippen LogP contribution in [-0.2, 0) is 19.1 Å². The van der Waals surface area contributed by atoms with Gasteiger partial charge >= 0.3 is 5.97 Å². The van der Waals surface area contributed by atoms with Gasteiger partial charge in [-0.1, -0.05) is 137 Å². The predicted octanol–water partition coefficient (Wildman–Crippen LogP) is 7.37. The maximum Gasteiger partial charge on any atom is 0.306 e. The largest absolute Gasteiger partial charge is 0.457 e. The van der Waals surface area contributed by atoms with E-state index in [9.17, 15) is 19.8 Å². The molecule has 0 saturated carbocycles.